The molecule has 0 unspecified atom stereocenters. The lowest BCUT2D eigenvalue weighted by atomic mass is 9.82. The van der Waals surface area contributed by atoms with E-state index in [0.29, 0.717) is 94.8 Å². The summed E-state index contributed by atoms with van der Waals surface area (Å²) in [7, 11) is 7.36. The lowest BCUT2D eigenvalue weighted by Crippen LogP contribution is -2.57. The number of hydrogen-bond donors (Lipinski definition) is 5. The van der Waals surface area contributed by atoms with Crippen LogP contribution in [0.1, 0.15) is 89.2 Å². The highest BCUT2D eigenvalue weighted by Gasteiger charge is 2.39. The van der Waals surface area contributed by atoms with Gasteiger partial charge in [-0.05, 0) is 119 Å². The van der Waals surface area contributed by atoms with Gasteiger partial charge in [0.2, 0.25) is 9.23 Å². The van der Waals surface area contributed by atoms with Crippen molar-refractivity contribution >= 4 is 154 Å². The van der Waals surface area contributed by atoms with E-state index in [1.165, 1.54) is 29.5 Å². The lowest BCUT2D eigenvalue weighted by molar-refractivity contribution is 0.0795. The number of epoxide rings is 1. The van der Waals surface area contributed by atoms with Crippen LogP contribution in [0.2, 0.25) is 0 Å². The van der Waals surface area contributed by atoms with Crippen LogP contribution in [-0.2, 0) is 18.7 Å². The van der Waals surface area contributed by atoms with Crippen molar-refractivity contribution in [2.24, 2.45) is 11.5 Å². The molecule has 0 amide bonds. The predicted molar refractivity (Wildman–Crippen MR) is 476 cm³/mol. The number of ether oxygens (including phenoxy) is 2. The van der Waals surface area contributed by atoms with Gasteiger partial charge in [0.15, 0.2) is 0 Å². The van der Waals surface area contributed by atoms with Crippen molar-refractivity contribution in [2.45, 2.75) is 67.9 Å². The first-order valence-corrected chi connectivity index (χ1v) is 42.9. The molecule has 586 valence electrons. The van der Waals surface area contributed by atoms with Crippen LogP contribution in [0, 0.1) is 45.3 Å². The van der Waals surface area contributed by atoms with E-state index in [1.807, 2.05) is 125 Å². The van der Waals surface area contributed by atoms with Crippen LogP contribution >= 0.6 is 144 Å². The van der Waals surface area contributed by atoms with E-state index in [0.717, 1.165) is 89.5 Å². The number of alkyl halides is 2. The van der Waals surface area contributed by atoms with E-state index in [1.54, 1.807) is 24.3 Å². The Hall–Kier alpha value is -4.34. The van der Waals surface area contributed by atoms with E-state index in [9.17, 15) is 10.2 Å². The number of rotatable bonds is 26. The second kappa shape index (κ2) is 65.1. The molecule has 16 nitrogen and oxygen atoms in total. The SMILES string of the molecule is Brc1ccc([C@@H]2CO2)cc1.C.C1CCOC1.C=CCN.C=CCN(CC#N)C[C@H](Cl)c1ccc(Br)cc1.C=CCN(CC#N)C[C@H](O)c1ccc(Br)cc1.C=CCN1C[C@H](c2ccc(Br)cc2)[C@@H]1C#N.C=CCN1C[C@H](c2ccc(Br)cc2)[C@@H]1CN.C=CCNC[C@H](O)c1ccc(Br)cc1.N#CCBr.O=S(Cl)Cl. The van der Waals surface area contributed by atoms with Gasteiger partial charge in [0.25, 0.3) is 0 Å². The molecule has 0 saturated carbocycles. The number of likely N-dealkylation sites (tertiary alicyclic amines) is 2. The molecule has 0 bridgehead atoms. The minimum atomic E-state index is -1.67. The van der Waals surface area contributed by atoms with Gasteiger partial charge in [-0.2, -0.15) is 21.0 Å². The zero-order valence-corrected chi connectivity index (χ0v) is 74.0. The van der Waals surface area contributed by atoms with Gasteiger partial charge in [-0.1, -0.05) is 228 Å². The van der Waals surface area contributed by atoms with Crippen LogP contribution in [0.25, 0.3) is 0 Å². The van der Waals surface area contributed by atoms with E-state index in [4.69, 9.17) is 57.8 Å². The first kappa shape index (κ1) is 104. The van der Waals surface area contributed by atoms with Gasteiger partial charge in [0.1, 0.15) is 12.1 Å². The molecule has 108 heavy (non-hydrogen) atoms. The van der Waals surface area contributed by atoms with Crippen LogP contribution in [0.5, 0.6) is 0 Å². The number of nitrogens with two attached hydrogens (primary N) is 2. The Bertz CT molecular complexity index is 3540. The maximum absolute atomic E-state index is 10.0. The van der Waals surface area contributed by atoms with Gasteiger partial charge in [0.05, 0.1) is 66.9 Å². The number of benzene rings is 6. The molecule has 4 aliphatic heterocycles. The Morgan fingerprint density at radius 3 is 1.29 bits per heavy atom. The summed E-state index contributed by atoms with van der Waals surface area (Å²) in [6.07, 6.45) is 12.6. The van der Waals surface area contributed by atoms with E-state index >= 15 is 0 Å². The van der Waals surface area contributed by atoms with Gasteiger partial charge < -0.3 is 36.5 Å². The summed E-state index contributed by atoms with van der Waals surface area (Å²) in [5.41, 5.74) is 17.5. The highest BCUT2D eigenvalue weighted by Crippen LogP contribution is 2.36. The van der Waals surface area contributed by atoms with Gasteiger partial charge in [0, 0.05) is 158 Å². The number of aliphatic hydroxyl groups is 2. The smallest absolute Gasteiger partial charge is 0.211 e. The average molecular weight is 2010 g/mol. The highest BCUT2D eigenvalue weighted by molar-refractivity contribution is 9.11. The van der Waals surface area contributed by atoms with Crippen molar-refractivity contribution in [3.63, 3.8) is 0 Å². The molecule has 0 radical (unpaired) electrons. The molecule has 8 atom stereocenters. The summed E-state index contributed by atoms with van der Waals surface area (Å²) < 4.78 is 25.5. The third-order valence-electron chi connectivity index (χ3n) is 15.5. The molecule has 7 N–H and O–H groups in total. The maximum Gasteiger partial charge on any atom is 0.211 e. The number of aliphatic hydroxyl groups excluding tert-OH is 2. The van der Waals surface area contributed by atoms with Gasteiger partial charge >= 0.3 is 0 Å². The number of hydrogen-bond acceptors (Lipinski definition) is 16. The minimum absolute atomic E-state index is 0. The number of nitriles is 4. The summed E-state index contributed by atoms with van der Waals surface area (Å²) in [6, 6.07) is 57.0. The van der Waals surface area contributed by atoms with Crippen LogP contribution in [0.15, 0.2) is 248 Å². The molecule has 0 aromatic heterocycles. The molecule has 4 heterocycles. The first-order chi connectivity index (χ1) is 51.5. The Kier molecular flexibility index (Phi) is 62.5. The molecule has 4 aliphatic rings. The molecule has 0 aliphatic carbocycles. The van der Waals surface area contributed by atoms with Crippen molar-refractivity contribution in [1.29, 1.82) is 21.0 Å². The molecular weight excluding hydrogens is 1900 g/mol. The van der Waals surface area contributed by atoms with E-state index in [2.05, 4.69) is 254 Å². The number of halogens is 10. The third-order valence-corrected chi connectivity index (χ3v) is 19.3. The molecule has 0 spiro atoms. The molecule has 10 rings (SSSR count). The zero-order chi connectivity index (χ0) is 79.7. The Morgan fingerprint density at radius 2 is 0.944 bits per heavy atom. The largest absolute Gasteiger partial charge is 0.387 e. The second-order valence-corrected chi connectivity index (χ2v) is 32.4. The fourth-order valence-electron chi connectivity index (χ4n) is 10.0. The zero-order valence-electron chi connectivity index (χ0n) is 59.9. The maximum atomic E-state index is 10.0. The van der Waals surface area contributed by atoms with Gasteiger partial charge in [-0.25, -0.2) is 4.21 Å². The normalized spacial score (nSPS) is 16.7. The van der Waals surface area contributed by atoms with Crippen LogP contribution in [0.3, 0.4) is 0 Å². The minimum Gasteiger partial charge on any atom is -0.387 e. The van der Waals surface area contributed by atoms with E-state index in [-0.39, 0.29) is 18.8 Å². The number of nitrogens with zero attached hydrogens (tertiary/aromatic N) is 8. The fourth-order valence-corrected chi connectivity index (χ4v) is 11.9. The van der Waals surface area contributed by atoms with Crippen molar-refractivity contribution in [2.75, 3.05) is 117 Å². The summed E-state index contributed by atoms with van der Waals surface area (Å²) in [6.45, 7) is 34.0. The Morgan fingerprint density at radius 1 is 0.574 bits per heavy atom. The van der Waals surface area contributed by atoms with Crippen molar-refractivity contribution in [3.05, 3.63) is 282 Å². The Labute approximate surface area is 718 Å². The van der Waals surface area contributed by atoms with Crippen LogP contribution < -0.4 is 16.8 Å². The van der Waals surface area contributed by atoms with Crippen molar-refractivity contribution in [1.82, 2.24) is 24.9 Å². The molecule has 6 aromatic rings. The molecule has 4 fully saturated rings. The molecule has 4 saturated heterocycles. The average Bonchev–Trinajstić information content (AvgIpc) is 1.02. The quantitative estimate of drug-likeness (QED) is 0.00845. The predicted octanol–water partition coefficient (Wildman–Crippen LogP) is 19.8. The van der Waals surface area contributed by atoms with E-state index < -0.39 is 21.4 Å². The summed E-state index contributed by atoms with van der Waals surface area (Å²) in [5, 5.41) is 57.2. The fraction of sp³-hybridized carbons (Fsp3) is 0.358. The third kappa shape index (κ3) is 46.6. The van der Waals surface area contributed by atoms with Gasteiger partial charge in [-0.15, -0.1) is 51.1 Å². The highest BCUT2D eigenvalue weighted by atomic mass is 79.9. The summed E-state index contributed by atoms with van der Waals surface area (Å²) >= 11 is 29.5. The molecular formula is C81H101Br7Cl3N11O5S. The van der Waals surface area contributed by atoms with Crippen LogP contribution in [0.4, 0.5) is 0 Å². The van der Waals surface area contributed by atoms with Gasteiger partial charge in [-0.3, -0.25) is 19.6 Å². The number of nitrogens with one attached hydrogen (secondary N) is 1. The second-order valence-electron chi connectivity index (χ2n) is 23.3. The summed E-state index contributed by atoms with van der Waals surface area (Å²) in [5.74, 6) is 0.927. The van der Waals surface area contributed by atoms with Crippen molar-refractivity contribution < 1.29 is 23.9 Å². The monoisotopic (exact) mass is 2000 g/mol. The summed E-state index contributed by atoms with van der Waals surface area (Å²) in [4.78, 5) is 8.33. The van der Waals surface area contributed by atoms with Crippen LogP contribution in [-0.4, -0.2) is 163 Å². The topological polar surface area (TPSA) is 251 Å². The lowest BCUT2D eigenvalue weighted by Gasteiger charge is -2.47. The molecule has 27 heteroatoms. The first-order valence-electron chi connectivity index (χ1n) is 33.7. The standard InChI is InChI=1S/C13H14BrClN2.C13H15BrN2O.C13H17BrN2.C13H13BrN2.C11H14BrNO.C8H7BrO.C4H8O.C3H7N.C2H2BrN.CH4.Cl2OS/c1-2-8-17(9-7-16)10-13(15)11-3-5-12(14)6-4-11;1-2-8-16(9-7-15)10-13(17)11-3-5-12(14)6-4-11;2*1-2-7-16-9-12(13(16)8-15)10-3-5-11(14)6-4-10;1-2-7-13-8-11(14)9-3-5-10(12)6-4-9;9-7-3-1-6(2-4-7)8-5-10-8;1-2-4-5-3-1;1-2-3-4;3-1-2-4;;1-4(2)3/h2-6,13H,1,8-10H2;2-6,13,17H,1,8-10H2;2-6,12-13H,1,7-9,15H2;2-6,12-13H,1,7,9H2;2-6,11,13-14H,1,7-8H2;1-4,8H,5H2;1-4H2;2H,1,3-4H2;1H2;1H4;/t2*13-;2*12-,13+;11-;8-;;;;;/m001100...../s1. The van der Waals surface area contributed by atoms with Crippen molar-refractivity contribution in [3.8, 4) is 24.3 Å². The molecule has 6 aromatic carbocycles. The Balaban J connectivity index is 0.00000122.